The highest BCUT2D eigenvalue weighted by atomic mass is 16.6. The molecule has 8 heteroatoms. The van der Waals surface area contributed by atoms with Gasteiger partial charge in [0, 0.05) is 25.2 Å². The van der Waals surface area contributed by atoms with Crippen molar-refractivity contribution >= 4 is 22.5 Å². The Bertz CT molecular complexity index is 1130. The first-order chi connectivity index (χ1) is 14.5. The molecule has 2 heterocycles. The molecule has 0 aliphatic carbocycles. The number of carbonyl (C=O) groups excluding carboxylic acids is 1. The summed E-state index contributed by atoms with van der Waals surface area (Å²) in [4.78, 5) is 41.8. The van der Waals surface area contributed by atoms with Gasteiger partial charge in [0.05, 0.1) is 22.2 Å². The highest BCUT2D eigenvalue weighted by molar-refractivity contribution is 5.81. The Kier molecular flexibility index (Phi) is 5.56. The molecule has 1 saturated heterocycles. The number of nitrogens with zero attached hydrogens (tertiary/aromatic N) is 4. The van der Waals surface area contributed by atoms with E-state index >= 15 is 0 Å². The zero-order valence-electron chi connectivity index (χ0n) is 16.4. The van der Waals surface area contributed by atoms with Gasteiger partial charge in [-0.25, -0.2) is 4.98 Å². The molecule has 1 aliphatic heterocycles. The molecule has 1 aromatic heterocycles. The third-order valence-corrected chi connectivity index (χ3v) is 5.66. The van der Waals surface area contributed by atoms with Gasteiger partial charge in [0.25, 0.3) is 11.2 Å². The SMILES string of the molecule is O=C(Cn1cnc2ccc([N+](=O)[O-])cc2c1=O)N1CCC(Cc2ccccc2)CC1. The minimum atomic E-state index is -0.555. The summed E-state index contributed by atoms with van der Waals surface area (Å²) in [6.45, 7) is 1.21. The van der Waals surface area contributed by atoms with Crippen molar-refractivity contribution in [1.29, 1.82) is 0 Å². The van der Waals surface area contributed by atoms with Crippen LogP contribution in [0.4, 0.5) is 5.69 Å². The second-order valence-electron chi connectivity index (χ2n) is 7.65. The number of aromatic nitrogens is 2. The number of fused-ring (bicyclic) bond motifs is 1. The van der Waals surface area contributed by atoms with E-state index in [1.165, 1.54) is 34.7 Å². The molecule has 30 heavy (non-hydrogen) atoms. The number of likely N-dealkylation sites (tertiary alicyclic amines) is 1. The normalized spacial score (nSPS) is 14.7. The van der Waals surface area contributed by atoms with Gasteiger partial charge in [-0.2, -0.15) is 0 Å². The van der Waals surface area contributed by atoms with Crippen molar-refractivity contribution in [3.05, 3.63) is 80.9 Å². The van der Waals surface area contributed by atoms with Crippen molar-refractivity contribution in [3.8, 4) is 0 Å². The van der Waals surface area contributed by atoms with Gasteiger partial charge < -0.3 is 4.90 Å². The molecule has 2 aromatic carbocycles. The summed E-state index contributed by atoms with van der Waals surface area (Å²) < 4.78 is 1.23. The van der Waals surface area contributed by atoms with Gasteiger partial charge in [-0.1, -0.05) is 30.3 Å². The smallest absolute Gasteiger partial charge is 0.270 e. The first-order valence-electron chi connectivity index (χ1n) is 9.96. The summed E-state index contributed by atoms with van der Waals surface area (Å²) >= 11 is 0. The number of piperidine rings is 1. The molecule has 0 atom stereocenters. The lowest BCUT2D eigenvalue weighted by atomic mass is 9.90. The van der Waals surface area contributed by atoms with Crippen LogP contribution in [0.2, 0.25) is 0 Å². The lowest BCUT2D eigenvalue weighted by molar-refractivity contribution is -0.384. The molecule has 1 fully saturated rings. The van der Waals surface area contributed by atoms with E-state index < -0.39 is 10.5 Å². The highest BCUT2D eigenvalue weighted by Gasteiger charge is 2.23. The molecule has 0 bridgehead atoms. The maximum atomic E-state index is 12.7. The van der Waals surface area contributed by atoms with Crippen LogP contribution in [-0.2, 0) is 17.8 Å². The minimum absolute atomic E-state index is 0.117. The van der Waals surface area contributed by atoms with Crippen LogP contribution in [0, 0.1) is 16.0 Å². The molecule has 4 rings (SSSR count). The fraction of sp³-hybridized carbons (Fsp3) is 0.318. The molecule has 0 radical (unpaired) electrons. The van der Waals surface area contributed by atoms with E-state index in [4.69, 9.17) is 0 Å². The lowest BCUT2D eigenvalue weighted by Crippen LogP contribution is -2.41. The molecular formula is C22H22N4O4. The average Bonchev–Trinajstić information content (AvgIpc) is 2.76. The van der Waals surface area contributed by atoms with Crippen molar-refractivity contribution in [2.24, 2.45) is 5.92 Å². The van der Waals surface area contributed by atoms with Gasteiger partial charge >= 0.3 is 0 Å². The highest BCUT2D eigenvalue weighted by Crippen LogP contribution is 2.22. The maximum absolute atomic E-state index is 12.7. The Morgan fingerprint density at radius 2 is 1.87 bits per heavy atom. The van der Waals surface area contributed by atoms with Crippen LogP contribution in [0.3, 0.4) is 0 Å². The molecule has 0 N–H and O–H groups in total. The second kappa shape index (κ2) is 8.44. The van der Waals surface area contributed by atoms with Gasteiger partial charge in [0.15, 0.2) is 0 Å². The number of hydrogen-bond donors (Lipinski definition) is 0. The fourth-order valence-electron chi connectivity index (χ4n) is 3.95. The second-order valence-corrected chi connectivity index (χ2v) is 7.65. The van der Waals surface area contributed by atoms with E-state index in [9.17, 15) is 19.7 Å². The number of carbonyl (C=O) groups is 1. The number of rotatable bonds is 5. The quantitative estimate of drug-likeness (QED) is 0.479. The van der Waals surface area contributed by atoms with Gasteiger partial charge in [0.2, 0.25) is 5.91 Å². The summed E-state index contributed by atoms with van der Waals surface area (Å²) in [6.07, 6.45) is 4.20. The summed E-state index contributed by atoms with van der Waals surface area (Å²) in [7, 11) is 0. The maximum Gasteiger partial charge on any atom is 0.270 e. The molecule has 0 unspecified atom stereocenters. The standard InChI is InChI=1S/C22H22N4O4/c27-21(24-10-8-17(9-11-24)12-16-4-2-1-3-5-16)14-25-15-23-20-7-6-18(26(29)30)13-19(20)22(25)28/h1-7,13,15,17H,8-12,14H2. The topological polar surface area (TPSA) is 98.3 Å². The lowest BCUT2D eigenvalue weighted by Gasteiger charge is -2.32. The molecule has 0 saturated carbocycles. The van der Waals surface area contributed by atoms with E-state index in [0.717, 1.165) is 19.3 Å². The van der Waals surface area contributed by atoms with Crippen LogP contribution in [0.15, 0.2) is 59.7 Å². The van der Waals surface area contributed by atoms with Crippen molar-refractivity contribution in [3.63, 3.8) is 0 Å². The molecule has 154 valence electrons. The van der Waals surface area contributed by atoms with E-state index in [-0.39, 0.29) is 23.5 Å². The van der Waals surface area contributed by atoms with Gasteiger partial charge in [-0.15, -0.1) is 0 Å². The predicted octanol–water partition coefficient (Wildman–Crippen LogP) is 2.79. The van der Waals surface area contributed by atoms with Crippen LogP contribution in [0.25, 0.3) is 10.9 Å². The molecule has 8 nitrogen and oxygen atoms in total. The van der Waals surface area contributed by atoms with E-state index in [0.29, 0.717) is 24.5 Å². The molecular weight excluding hydrogens is 384 g/mol. The first kappa shape index (κ1) is 19.8. The Morgan fingerprint density at radius 3 is 2.57 bits per heavy atom. The summed E-state index contributed by atoms with van der Waals surface area (Å²) in [5.74, 6) is 0.406. The van der Waals surface area contributed by atoms with E-state index in [2.05, 4.69) is 17.1 Å². The van der Waals surface area contributed by atoms with Crippen molar-refractivity contribution in [1.82, 2.24) is 14.5 Å². The first-order valence-corrected chi connectivity index (χ1v) is 9.96. The zero-order valence-corrected chi connectivity index (χ0v) is 16.4. The van der Waals surface area contributed by atoms with Crippen LogP contribution >= 0.6 is 0 Å². The molecule has 1 amide bonds. The van der Waals surface area contributed by atoms with Crippen molar-refractivity contribution in [2.75, 3.05) is 13.1 Å². The van der Waals surface area contributed by atoms with Crippen LogP contribution in [0.5, 0.6) is 0 Å². The summed E-state index contributed by atoms with van der Waals surface area (Å²) in [5, 5.41) is 11.1. The average molecular weight is 406 g/mol. The van der Waals surface area contributed by atoms with Crippen LogP contribution in [-0.4, -0.2) is 38.4 Å². The van der Waals surface area contributed by atoms with Gasteiger partial charge in [-0.3, -0.25) is 24.3 Å². The fourth-order valence-corrected chi connectivity index (χ4v) is 3.95. The number of nitro groups is 1. The third-order valence-electron chi connectivity index (χ3n) is 5.66. The van der Waals surface area contributed by atoms with Gasteiger partial charge in [-0.05, 0) is 36.8 Å². The van der Waals surface area contributed by atoms with Crippen molar-refractivity contribution in [2.45, 2.75) is 25.8 Å². The van der Waals surface area contributed by atoms with Crippen molar-refractivity contribution < 1.29 is 9.72 Å². The minimum Gasteiger partial charge on any atom is -0.341 e. The monoisotopic (exact) mass is 406 g/mol. The van der Waals surface area contributed by atoms with E-state index in [1.807, 2.05) is 18.2 Å². The predicted molar refractivity (Wildman–Crippen MR) is 112 cm³/mol. The molecule has 3 aromatic rings. The van der Waals surface area contributed by atoms with Gasteiger partial charge in [0.1, 0.15) is 6.54 Å². The number of nitro benzene ring substituents is 1. The van der Waals surface area contributed by atoms with Crippen LogP contribution < -0.4 is 5.56 Å². The zero-order chi connectivity index (χ0) is 21.1. The summed E-state index contributed by atoms with van der Waals surface area (Å²) in [6, 6.07) is 14.3. The number of amides is 1. The Balaban J connectivity index is 1.42. The largest absolute Gasteiger partial charge is 0.341 e. The Labute approximate surface area is 172 Å². The number of non-ortho nitro benzene ring substituents is 1. The summed E-state index contributed by atoms with van der Waals surface area (Å²) in [5.41, 5.74) is 1.06. The van der Waals surface area contributed by atoms with Crippen LogP contribution in [0.1, 0.15) is 18.4 Å². The molecule has 0 spiro atoms. The number of benzene rings is 2. The Morgan fingerprint density at radius 1 is 1.13 bits per heavy atom. The Hall–Kier alpha value is -3.55. The number of hydrogen-bond acceptors (Lipinski definition) is 5. The van der Waals surface area contributed by atoms with E-state index in [1.54, 1.807) is 4.90 Å². The molecule has 1 aliphatic rings. The third kappa shape index (κ3) is 4.22.